The molecule has 100 valence electrons. The number of rotatable bonds is 4. The van der Waals surface area contributed by atoms with Gasteiger partial charge in [0.25, 0.3) is 0 Å². The van der Waals surface area contributed by atoms with Crippen molar-refractivity contribution >= 4 is 16.9 Å². The van der Waals surface area contributed by atoms with Crippen LogP contribution in [0, 0.1) is 0 Å². The number of amides is 1. The molecule has 1 aromatic heterocycles. The minimum Gasteiger partial charge on any atom is -0.394 e. The van der Waals surface area contributed by atoms with E-state index in [1.165, 1.54) is 0 Å². The van der Waals surface area contributed by atoms with Gasteiger partial charge in [0.2, 0.25) is 5.91 Å². The lowest BCUT2D eigenvalue weighted by Gasteiger charge is -2.40. The standard InChI is InChI=1S/C14H16N2O3/c17-9-14(6-3-7-14)15-13(18)8-11-10-4-1-2-5-12(10)19-16-11/h1-2,4-5,17H,3,6-9H2,(H,15,18). The molecule has 1 amide bonds. The van der Waals surface area contributed by atoms with Gasteiger partial charge in [0.05, 0.1) is 18.6 Å². The van der Waals surface area contributed by atoms with E-state index in [1.54, 1.807) is 0 Å². The van der Waals surface area contributed by atoms with Crippen molar-refractivity contribution in [1.82, 2.24) is 10.5 Å². The first-order valence-corrected chi connectivity index (χ1v) is 6.48. The highest BCUT2D eigenvalue weighted by atomic mass is 16.5. The van der Waals surface area contributed by atoms with E-state index in [2.05, 4.69) is 10.5 Å². The van der Waals surface area contributed by atoms with E-state index in [0.29, 0.717) is 11.3 Å². The van der Waals surface area contributed by atoms with Crippen molar-refractivity contribution in [3.63, 3.8) is 0 Å². The highest BCUT2D eigenvalue weighted by molar-refractivity contribution is 5.86. The minimum atomic E-state index is -0.406. The van der Waals surface area contributed by atoms with Gasteiger partial charge < -0.3 is 14.9 Å². The van der Waals surface area contributed by atoms with Gasteiger partial charge in [-0.15, -0.1) is 0 Å². The molecular formula is C14H16N2O3. The summed E-state index contributed by atoms with van der Waals surface area (Å²) in [6, 6.07) is 7.47. The summed E-state index contributed by atoms with van der Waals surface area (Å²) in [4.78, 5) is 12.0. The number of para-hydroxylation sites is 1. The molecule has 2 N–H and O–H groups in total. The van der Waals surface area contributed by atoms with Crippen LogP contribution in [0.4, 0.5) is 0 Å². The average molecular weight is 260 g/mol. The fraction of sp³-hybridized carbons (Fsp3) is 0.429. The topological polar surface area (TPSA) is 75.4 Å². The van der Waals surface area contributed by atoms with Gasteiger partial charge in [-0.25, -0.2) is 0 Å². The van der Waals surface area contributed by atoms with Gasteiger partial charge in [-0.3, -0.25) is 4.79 Å². The van der Waals surface area contributed by atoms with E-state index in [4.69, 9.17) is 4.52 Å². The zero-order chi connectivity index (χ0) is 13.3. The number of hydrogen-bond acceptors (Lipinski definition) is 4. The predicted molar refractivity (Wildman–Crippen MR) is 69.5 cm³/mol. The molecule has 0 spiro atoms. The van der Waals surface area contributed by atoms with Crippen molar-refractivity contribution in [2.24, 2.45) is 0 Å². The van der Waals surface area contributed by atoms with Crippen LogP contribution < -0.4 is 5.32 Å². The summed E-state index contributed by atoms with van der Waals surface area (Å²) in [5, 5.41) is 17.0. The fourth-order valence-electron chi connectivity index (χ4n) is 2.48. The van der Waals surface area contributed by atoms with Crippen molar-refractivity contribution in [2.75, 3.05) is 6.61 Å². The van der Waals surface area contributed by atoms with Crippen LogP contribution in [-0.4, -0.2) is 28.3 Å². The molecule has 0 radical (unpaired) electrons. The molecule has 0 aliphatic heterocycles. The number of nitrogens with one attached hydrogen (secondary N) is 1. The van der Waals surface area contributed by atoms with Crippen LogP contribution >= 0.6 is 0 Å². The smallest absolute Gasteiger partial charge is 0.226 e. The third kappa shape index (κ3) is 2.21. The first-order chi connectivity index (χ1) is 9.22. The van der Waals surface area contributed by atoms with Crippen LogP contribution in [0.1, 0.15) is 25.0 Å². The van der Waals surface area contributed by atoms with E-state index in [1.807, 2.05) is 24.3 Å². The third-order valence-corrected chi connectivity index (χ3v) is 3.80. The maximum atomic E-state index is 12.0. The summed E-state index contributed by atoms with van der Waals surface area (Å²) in [6.07, 6.45) is 2.91. The van der Waals surface area contributed by atoms with Gasteiger partial charge in [-0.1, -0.05) is 17.3 Å². The number of carbonyl (C=O) groups excluding carboxylic acids is 1. The molecule has 0 bridgehead atoms. The number of benzene rings is 1. The molecular weight excluding hydrogens is 244 g/mol. The average Bonchev–Trinajstić information content (AvgIpc) is 2.78. The van der Waals surface area contributed by atoms with Gasteiger partial charge in [-0.05, 0) is 31.4 Å². The second kappa shape index (κ2) is 4.66. The number of carbonyl (C=O) groups is 1. The zero-order valence-corrected chi connectivity index (χ0v) is 10.6. The molecule has 19 heavy (non-hydrogen) atoms. The number of hydrogen-bond donors (Lipinski definition) is 2. The summed E-state index contributed by atoms with van der Waals surface area (Å²) in [5.41, 5.74) is 0.919. The first-order valence-electron chi connectivity index (χ1n) is 6.48. The molecule has 1 aliphatic carbocycles. The third-order valence-electron chi connectivity index (χ3n) is 3.80. The summed E-state index contributed by atoms with van der Waals surface area (Å²) >= 11 is 0. The molecule has 1 fully saturated rings. The van der Waals surface area contributed by atoms with Gasteiger partial charge in [0, 0.05) is 5.39 Å². The number of aliphatic hydroxyl groups is 1. The van der Waals surface area contributed by atoms with E-state index >= 15 is 0 Å². The Morgan fingerprint density at radius 2 is 2.21 bits per heavy atom. The van der Waals surface area contributed by atoms with E-state index in [-0.39, 0.29) is 18.9 Å². The van der Waals surface area contributed by atoms with Crippen molar-refractivity contribution in [1.29, 1.82) is 0 Å². The van der Waals surface area contributed by atoms with Crippen LogP contribution in [0.25, 0.3) is 11.0 Å². The van der Waals surface area contributed by atoms with Gasteiger partial charge in [-0.2, -0.15) is 0 Å². The monoisotopic (exact) mass is 260 g/mol. The fourth-order valence-corrected chi connectivity index (χ4v) is 2.48. The Labute approximate surface area is 110 Å². The predicted octanol–water partition coefficient (Wildman–Crippen LogP) is 1.40. The maximum absolute atomic E-state index is 12.0. The quantitative estimate of drug-likeness (QED) is 0.871. The molecule has 0 saturated heterocycles. The Kier molecular flexibility index (Phi) is 2.98. The molecule has 0 unspecified atom stereocenters. The lowest BCUT2D eigenvalue weighted by molar-refractivity contribution is -0.124. The van der Waals surface area contributed by atoms with E-state index < -0.39 is 5.54 Å². The molecule has 1 aromatic carbocycles. The molecule has 5 heteroatoms. The summed E-state index contributed by atoms with van der Waals surface area (Å²) in [6.45, 7) is -0.00168. The normalized spacial score (nSPS) is 17.1. The summed E-state index contributed by atoms with van der Waals surface area (Å²) in [5.74, 6) is -0.118. The Bertz CT molecular complexity index is 596. The van der Waals surface area contributed by atoms with Crippen LogP contribution in [-0.2, 0) is 11.2 Å². The van der Waals surface area contributed by atoms with Crippen molar-refractivity contribution < 1.29 is 14.4 Å². The van der Waals surface area contributed by atoms with Gasteiger partial charge in [0.15, 0.2) is 5.58 Å². The summed E-state index contributed by atoms with van der Waals surface area (Å²) in [7, 11) is 0. The van der Waals surface area contributed by atoms with Crippen molar-refractivity contribution in [3.8, 4) is 0 Å². The van der Waals surface area contributed by atoms with Crippen LogP contribution in [0.2, 0.25) is 0 Å². The molecule has 1 heterocycles. The zero-order valence-electron chi connectivity index (χ0n) is 10.6. The number of aliphatic hydroxyl groups excluding tert-OH is 1. The minimum absolute atomic E-state index is 0.00168. The first kappa shape index (κ1) is 12.2. The van der Waals surface area contributed by atoms with E-state index in [0.717, 1.165) is 24.6 Å². The lowest BCUT2D eigenvalue weighted by Crippen LogP contribution is -2.56. The second-order valence-electron chi connectivity index (χ2n) is 5.14. The largest absolute Gasteiger partial charge is 0.394 e. The number of aromatic nitrogens is 1. The molecule has 2 aromatic rings. The van der Waals surface area contributed by atoms with Crippen LogP contribution in [0.15, 0.2) is 28.8 Å². The Morgan fingerprint density at radius 1 is 1.42 bits per heavy atom. The molecule has 5 nitrogen and oxygen atoms in total. The van der Waals surface area contributed by atoms with Crippen molar-refractivity contribution in [3.05, 3.63) is 30.0 Å². The van der Waals surface area contributed by atoms with E-state index in [9.17, 15) is 9.90 Å². The Balaban J connectivity index is 1.72. The molecule has 3 rings (SSSR count). The summed E-state index contributed by atoms with van der Waals surface area (Å²) < 4.78 is 5.17. The molecule has 0 atom stereocenters. The van der Waals surface area contributed by atoms with Crippen molar-refractivity contribution in [2.45, 2.75) is 31.2 Å². The second-order valence-corrected chi connectivity index (χ2v) is 5.14. The highest BCUT2D eigenvalue weighted by Crippen LogP contribution is 2.31. The highest BCUT2D eigenvalue weighted by Gasteiger charge is 2.37. The van der Waals surface area contributed by atoms with Gasteiger partial charge >= 0.3 is 0 Å². The van der Waals surface area contributed by atoms with Crippen LogP contribution in [0.5, 0.6) is 0 Å². The van der Waals surface area contributed by atoms with Crippen LogP contribution in [0.3, 0.4) is 0 Å². The molecule has 1 aliphatic rings. The lowest BCUT2D eigenvalue weighted by atomic mass is 9.77. The SMILES string of the molecule is O=C(Cc1noc2ccccc12)NC1(CO)CCC1. The Hall–Kier alpha value is -1.88. The molecule has 1 saturated carbocycles. The Morgan fingerprint density at radius 3 is 2.89 bits per heavy atom. The number of nitrogens with zero attached hydrogens (tertiary/aromatic N) is 1. The number of fused-ring (bicyclic) bond motifs is 1. The maximum Gasteiger partial charge on any atom is 0.226 e. The van der Waals surface area contributed by atoms with Gasteiger partial charge in [0.1, 0.15) is 5.69 Å².